The molecule has 1 aliphatic rings. The first kappa shape index (κ1) is 17.0. The monoisotopic (exact) mass is 341 g/mol. The first-order valence-corrected chi connectivity index (χ1v) is 8.58. The highest BCUT2D eigenvalue weighted by molar-refractivity contribution is 5.77. The van der Waals surface area contributed by atoms with Crippen LogP contribution < -0.4 is 10.6 Å². The van der Waals surface area contributed by atoms with Crippen molar-refractivity contribution in [2.45, 2.75) is 32.4 Å². The summed E-state index contributed by atoms with van der Waals surface area (Å²) in [5.41, 5.74) is 1.76. The highest BCUT2D eigenvalue weighted by atomic mass is 16.2. The Labute approximate surface area is 147 Å². The van der Waals surface area contributed by atoms with Crippen LogP contribution in [0.2, 0.25) is 0 Å². The van der Waals surface area contributed by atoms with Crippen LogP contribution in [0.25, 0.3) is 5.69 Å². The Balaban J connectivity index is 1.45. The zero-order valence-electron chi connectivity index (χ0n) is 14.3. The maximum atomic E-state index is 12.0. The smallest absolute Gasteiger partial charge is 0.315 e. The van der Waals surface area contributed by atoms with E-state index in [1.165, 1.54) is 0 Å². The Morgan fingerprint density at radius 3 is 2.80 bits per heavy atom. The van der Waals surface area contributed by atoms with E-state index in [-0.39, 0.29) is 18.0 Å². The first-order valence-electron chi connectivity index (χ1n) is 8.58. The number of carbonyl (C=O) groups is 2. The van der Waals surface area contributed by atoms with Gasteiger partial charge in [0.25, 0.3) is 0 Å². The van der Waals surface area contributed by atoms with Gasteiger partial charge in [0.2, 0.25) is 5.91 Å². The van der Waals surface area contributed by atoms with Crippen LogP contribution in [0.1, 0.15) is 25.5 Å². The van der Waals surface area contributed by atoms with Crippen molar-refractivity contribution in [3.63, 3.8) is 0 Å². The van der Waals surface area contributed by atoms with Crippen LogP contribution in [0.15, 0.2) is 42.6 Å². The minimum Gasteiger partial charge on any atom is -0.341 e. The lowest BCUT2D eigenvalue weighted by atomic mass is 10.3. The SMILES string of the molecule is CCC(=O)N1CC[C@@H](NC(=O)NCc2ccn(-c3ccccc3)n2)C1. The number of amides is 3. The maximum absolute atomic E-state index is 12.0. The number of rotatable bonds is 5. The number of carbonyl (C=O) groups excluding carboxylic acids is 2. The van der Waals surface area contributed by atoms with E-state index in [9.17, 15) is 9.59 Å². The topological polar surface area (TPSA) is 79.3 Å². The molecule has 1 atom stereocenters. The van der Waals surface area contributed by atoms with Crippen molar-refractivity contribution in [1.82, 2.24) is 25.3 Å². The standard InChI is InChI=1S/C18H23N5O2/c1-2-17(24)22-10-8-15(13-22)20-18(25)19-12-14-9-11-23(21-14)16-6-4-3-5-7-16/h3-7,9,11,15H,2,8,10,12-13H2,1H3,(H2,19,20,25)/t15-/m1/s1. The van der Waals surface area contributed by atoms with Gasteiger partial charge in [-0.2, -0.15) is 5.10 Å². The zero-order valence-corrected chi connectivity index (χ0v) is 14.3. The Morgan fingerprint density at radius 1 is 1.24 bits per heavy atom. The summed E-state index contributed by atoms with van der Waals surface area (Å²) in [6, 6.07) is 11.5. The van der Waals surface area contributed by atoms with Crippen LogP contribution in [0.5, 0.6) is 0 Å². The molecule has 0 unspecified atom stereocenters. The molecule has 0 spiro atoms. The molecule has 2 N–H and O–H groups in total. The molecule has 0 radical (unpaired) electrons. The predicted octanol–water partition coefficient (Wildman–Crippen LogP) is 1.68. The van der Waals surface area contributed by atoms with Gasteiger partial charge in [-0.3, -0.25) is 4.79 Å². The van der Waals surface area contributed by atoms with Gasteiger partial charge in [0.1, 0.15) is 0 Å². The number of nitrogens with one attached hydrogen (secondary N) is 2. The summed E-state index contributed by atoms with van der Waals surface area (Å²) < 4.78 is 1.78. The normalized spacial score (nSPS) is 16.7. The minimum atomic E-state index is -0.231. The molecule has 0 saturated carbocycles. The second kappa shape index (κ2) is 7.83. The Kier molecular flexibility index (Phi) is 5.33. The summed E-state index contributed by atoms with van der Waals surface area (Å²) in [7, 11) is 0. The molecule has 1 aromatic heterocycles. The molecule has 132 valence electrons. The number of benzene rings is 1. The molecule has 1 saturated heterocycles. The lowest BCUT2D eigenvalue weighted by Crippen LogP contribution is -2.43. The first-order chi connectivity index (χ1) is 12.2. The second-order valence-electron chi connectivity index (χ2n) is 6.09. The number of urea groups is 1. The van der Waals surface area contributed by atoms with Crippen LogP contribution in [-0.2, 0) is 11.3 Å². The number of likely N-dealkylation sites (tertiary alicyclic amines) is 1. The minimum absolute atomic E-state index is 0.0115. The molecule has 0 aliphatic carbocycles. The van der Waals surface area contributed by atoms with Gasteiger partial charge in [0, 0.05) is 31.7 Å². The van der Waals surface area contributed by atoms with Crippen LogP contribution in [0.4, 0.5) is 4.79 Å². The number of hydrogen-bond donors (Lipinski definition) is 2. The van der Waals surface area contributed by atoms with E-state index in [1.54, 1.807) is 9.58 Å². The van der Waals surface area contributed by atoms with Gasteiger partial charge in [-0.05, 0) is 24.6 Å². The average molecular weight is 341 g/mol. The average Bonchev–Trinajstić information content (AvgIpc) is 3.29. The van der Waals surface area contributed by atoms with Gasteiger partial charge in [0.15, 0.2) is 0 Å². The Bertz CT molecular complexity index is 728. The highest BCUT2D eigenvalue weighted by Gasteiger charge is 2.26. The van der Waals surface area contributed by atoms with E-state index in [0.717, 1.165) is 17.8 Å². The van der Waals surface area contributed by atoms with Gasteiger partial charge in [-0.25, -0.2) is 9.48 Å². The van der Waals surface area contributed by atoms with Crippen molar-refractivity contribution in [3.05, 3.63) is 48.3 Å². The molecule has 3 amide bonds. The van der Waals surface area contributed by atoms with Gasteiger partial charge in [-0.15, -0.1) is 0 Å². The number of nitrogens with zero attached hydrogens (tertiary/aromatic N) is 3. The van der Waals surface area contributed by atoms with Crippen LogP contribution >= 0.6 is 0 Å². The van der Waals surface area contributed by atoms with Crippen molar-refractivity contribution in [2.24, 2.45) is 0 Å². The van der Waals surface area contributed by atoms with Crippen molar-refractivity contribution in [3.8, 4) is 5.69 Å². The quantitative estimate of drug-likeness (QED) is 0.868. The summed E-state index contributed by atoms with van der Waals surface area (Å²) >= 11 is 0. The molecule has 25 heavy (non-hydrogen) atoms. The third-order valence-corrected chi connectivity index (χ3v) is 4.27. The van der Waals surface area contributed by atoms with E-state index < -0.39 is 0 Å². The van der Waals surface area contributed by atoms with Crippen molar-refractivity contribution >= 4 is 11.9 Å². The fourth-order valence-corrected chi connectivity index (χ4v) is 2.92. The maximum Gasteiger partial charge on any atom is 0.315 e. The molecule has 1 aliphatic heterocycles. The molecule has 7 nitrogen and oxygen atoms in total. The molecular formula is C18H23N5O2. The van der Waals surface area contributed by atoms with E-state index >= 15 is 0 Å². The predicted molar refractivity (Wildman–Crippen MR) is 94.2 cm³/mol. The van der Waals surface area contributed by atoms with Crippen LogP contribution in [0.3, 0.4) is 0 Å². The lowest BCUT2D eigenvalue weighted by molar-refractivity contribution is -0.129. The molecule has 0 bridgehead atoms. The van der Waals surface area contributed by atoms with E-state index in [1.807, 2.05) is 49.5 Å². The number of para-hydroxylation sites is 1. The molecular weight excluding hydrogens is 318 g/mol. The van der Waals surface area contributed by atoms with Gasteiger partial charge in [-0.1, -0.05) is 25.1 Å². The van der Waals surface area contributed by atoms with Crippen LogP contribution in [-0.4, -0.2) is 45.8 Å². The molecule has 1 fully saturated rings. The second-order valence-corrected chi connectivity index (χ2v) is 6.09. The van der Waals surface area contributed by atoms with E-state index in [0.29, 0.717) is 26.1 Å². The fraction of sp³-hybridized carbons (Fsp3) is 0.389. The highest BCUT2D eigenvalue weighted by Crippen LogP contribution is 2.10. The lowest BCUT2D eigenvalue weighted by Gasteiger charge is -2.16. The van der Waals surface area contributed by atoms with Crippen LogP contribution in [0, 0.1) is 0 Å². The van der Waals surface area contributed by atoms with Crippen molar-refractivity contribution in [2.75, 3.05) is 13.1 Å². The van der Waals surface area contributed by atoms with Gasteiger partial charge in [0.05, 0.1) is 17.9 Å². The van der Waals surface area contributed by atoms with Crippen molar-refractivity contribution < 1.29 is 9.59 Å². The molecule has 2 heterocycles. The molecule has 7 heteroatoms. The van der Waals surface area contributed by atoms with Gasteiger partial charge < -0.3 is 15.5 Å². The number of aromatic nitrogens is 2. The largest absolute Gasteiger partial charge is 0.341 e. The van der Waals surface area contributed by atoms with E-state index in [2.05, 4.69) is 15.7 Å². The zero-order chi connectivity index (χ0) is 17.6. The Morgan fingerprint density at radius 2 is 2.04 bits per heavy atom. The summed E-state index contributed by atoms with van der Waals surface area (Å²) in [5, 5.41) is 10.2. The Hall–Kier alpha value is -2.83. The summed E-state index contributed by atoms with van der Waals surface area (Å²) in [6.45, 7) is 3.50. The van der Waals surface area contributed by atoms with E-state index in [4.69, 9.17) is 0 Å². The fourth-order valence-electron chi connectivity index (χ4n) is 2.92. The van der Waals surface area contributed by atoms with Gasteiger partial charge >= 0.3 is 6.03 Å². The summed E-state index contributed by atoms with van der Waals surface area (Å²) in [4.78, 5) is 25.5. The summed E-state index contributed by atoms with van der Waals surface area (Å²) in [6.07, 6.45) is 3.17. The summed E-state index contributed by atoms with van der Waals surface area (Å²) in [5.74, 6) is 0.135. The third kappa shape index (κ3) is 4.37. The third-order valence-electron chi connectivity index (χ3n) is 4.27. The molecule has 2 aromatic rings. The number of hydrogen-bond acceptors (Lipinski definition) is 3. The molecule has 1 aromatic carbocycles. The van der Waals surface area contributed by atoms with Crippen molar-refractivity contribution in [1.29, 1.82) is 0 Å². The molecule has 3 rings (SSSR count).